The lowest BCUT2D eigenvalue weighted by atomic mass is 10.0. The fourth-order valence-corrected chi connectivity index (χ4v) is 4.48. The van der Waals surface area contributed by atoms with Gasteiger partial charge in [-0.05, 0) is 72.2 Å². The fraction of sp³-hybridized carbons (Fsp3) is 0.148. The van der Waals surface area contributed by atoms with Crippen molar-refractivity contribution in [3.8, 4) is 23.0 Å². The first-order valence-electron chi connectivity index (χ1n) is 10.8. The van der Waals surface area contributed by atoms with Crippen molar-refractivity contribution >= 4 is 29.0 Å². The lowest BCUT2D eigenvalue weighted by Gasteiger charge is -2.25. The number of rotatable bonds is 3. The number of aryl methyl sites for hydroxylation is 1. The Bertz CT molecular complexity index is 1590. The molecule has 34 heavy (non-hydrogen) atoms. The molecule has 1 aromatic heterocycles. The van der Waals surface area contributed by atoms with Crippen LogP contribution >= 0.6 is 0 Å². The van der Waals surface area contributed by atoms with Crippen LogP contribution in [-0.2, 0) is 4.79 Å². The van der Waals surface area contributed by atoms with Gasteiger partial charge in [-0.25, -0.2) is 0 Å². The number of benzene rings is 3. The topological polar surface area (TPSA) is 95.2 Å². The highest BCUT2D eigenvalue weighted by Gasteiger charge is 2.26. The van der Waals surface area contributed by atoms with Gasteiger partial charge in [-0.2, -0.15) is 0 Å². The van der Waals surface area contributed by atoms with Gasteiger partial charge in [0, 0.05) is 24.6 Å². The first kappa shape index (κ1) is 21.5. The highest BCUT2D eigenvalue weighted by Crippen LogP contribution is 2.32. The number of ether oxygens (including phenoxy) is 1. The highest BCUT2D eigenvalue weighted by atomic mass is 16.5. The molecule has 1 unspecified atom stereocenters. The first-order valence-corrected chi connectivity index (χ1v) is 10.8. The van der Waals surface area contributed by atoms with Gasteiger partial charge in [-0.3, -0.25) is 9.47 Å². The van der Waals surface area contributed by atoms with E-state index in [1.165, 1.54) is 13.0 Å². The molecular formula is C27H24N2O5. The van der Waals surface area contributed by atoms with Crippen molar-refractivity contribution in [1.29, 1.82) is 0 Å². The highest BCUT2D eigenvalue weighted by molar-refractivity contribution is 5.86. The number of esters is 1. The van der Waals surface area contributed by atoms with Gasteiger partial charge >= 0.3 is 5.97 Å². The molecule has 7 heteroatoms. The molecule has 172 valence electrons. The number of nitrogens with zero attached hydrogens (tertiary/aromatic N) is 2. The SMILES string of the molecule is CC(=O)Oc1ccc2c(c1)/c(=C/c1ccc(C)c(O)c1)c1n2N(C)C(c2ccc(O)c(O)c2)C=1. The second-order valence-electron chi connectivity index (χ2n) is 8.51. The predicted octanol–water partition coefficient (Wildman–Crippen LogP) is 2.92. The minimum absolute atomic E-state index is 0.166. The third-order valence-corrected chi connectivity index (χ3v) is 6.17. The monoisotopic (exact) mass is 456 g/mol. The number of phenolic OH excluding ortho intramolecular Hbond substituents is 3. The maximum Gasteiger partial charge on any atom is 0.308 e. The van der Waals surface area contributed by atoms with Crippen molar-refractivity contribution in [2.75, 3.05) is 12.1 Å². The summed E-state index contributed by atoms with van der Waals surface area (Å²) in [6.07, 6.45) is 4.07. The number of carbonyl (C=O) groups is 1. The number of carbonyl (C=O) groups excluding carboxylic acids is 1. The smallest absolute Gasteiger partial charge is 0.308 e. The third-order valence-electron chi connectivity index (χ3n) is 6.17. The number of aromatic nitrogens is 1. The van der Waals surface area contributed by atoms with Gasteiger partial charge in [-0.1, -0.05) is 18.2 Å². The van der Waals surface area contributed by atoms with Gasteiger partial charge in [-0.15, -0.1) is 0 Å². The summed E-state index contributed by atoms with van der Waals surface area (Å²) in [5, 5.41) is 34.7. The van der Waals surface area contributed by atoms with Crippen LogP contribution in [0.15, 0.2) is 54.6 Å². The summed E-state index contributed by atoms with van der Waals surface area (Å²) in [4.78, 5) is 11.5. The number of phenols is 3. The molecule has 0 aliphatic carbocycles. The first-order chi connectivity index (χ1) is 16.2. The summed E-state index contributed by atoms with van der Waals surface area (Å²) < 4.78 is 7.40. The average Bonchev–Trinajstić information content (AvgIpc) is 3.27. The zero-order chi connectivity index (χ0) is 24.1. The molecule has 0 fully saturated rings. The Morgan fingerprint density at radius 3 is 2.47 bits per heavy atom. The Hall–Kier alpha value is -4.39. The van der Waals surface area contributed by atoms with Crippen LogP contribution in [0.5, 0.6) is 23.0 Å². The Morgan fingerprint density at radius 1 is 0.971 bits per heavy atom. The summed E-state index contributed by atoms with van der Waals surface area (Å²) in [6, 6.07) is 15.7. The molecule has 5 rings (SSSR count). The zero-order valence-corrected chi connectivity index (χ0v) is 19.0. The van der Waals surface area contributed by atoms with Gasteiger partial charge in [0.2, 0.25) is 0 Å². The maximum absolute atomic E-state index is 11.5. The van der Waals surface area contributed by atoms with Crippen molar-refractivity contribution < 1.29 is 24.9 Å². The summed E-state index contributed by atoms with van der Waals surface area (Å²) in [7, 11) is 1.95. The van der Waals surface area contributed by atoms with Gasteiger partial charge in [0.05, 0.1) is 16.9 Å². The molecule has 3 N–H and O–H groups in total. The van der Waals surface area contributed by atoms with E-state index in [0.717, 1.165) is 38.2 Å². The van der Waals surface area contributed by atoms with Gasteiger partial charge in [0.25, 0.3) is 0 Å². The average molecular weight is 456 g/mol. The van der Waals surface area contributed by atoms with Crippen molar-refractivity contribution in [3.05, 3.63) is 81.9 Å². The summed E-state index contributed by atoms with van der Waals surface area (Å²) in [5.74, 6) is -0.0632. The Kier molecular flexibility index (Phi) is 4.97. The van der Waals surface area contributed by atoms with Gasteiger partial charge < -0.3 is 25.1 Å². The minimum Gasteiger partial charge on any atom is -0.508 e. The standard InChI is InChI=1S/C27H24N2O5/c1-15-4-5-17(11-26(15)32)10-20-21-13-19(34-16(2)30)7-8-22(21)29-24(20)14-23(28(29)3)18-6-9-25(31)27(33)12-18/h4-14,23,31-33H,1-3H3/b20-10-. The zero-order valence-electron chi connectivity index (χ0n) is 19.0. The molecule has 3 aromatic carbocycles. The van der Waals surface area contributed by atoms with Crippen molar-refractivity contribution in [1.82, 2.24) is 4.68 Å². The van der Waals surface area contributed by atoms with E-state index in [4.69, 9.17) is 4.74 Å². The Labute approximate surface area is 195 Å². The molecule has 1 aliphatic rings. The fourth-order valence-electron chi connectivity index (χ4n) is 4.48. The second kappa shape index (κ2) is 7.88. The number of aromatic hydroxyl groups is 3. The largest absolute Gasteiger partial charge is 0.508 e. The van der Waals surface area contributed by atoms with E-state index in [9.17, 15) is 20.1 Å². The van der Waals surface area contributed by atoms with E-state index in [1.54, 1.807) is 24.3 Å². The molecule has 0 bridgehead atoms. The minimum atomic E-state index is -0.393. The van der Waals surface area contributed by atoms with E-state index in [1.807, 2.05) is 49.3 Å². The Balaban J connectivity index is 1.78. The van der Waals surface area contributed by atoms with Crippen LogP contribution in [-0.4, -0.2) is 33.0 Å². The summed E-state index contributed by atoms with van der Waals surface area (Å²) >= 11 is 0. The number of hydrogen-bond donors (Lipinski definition) is 3. The van der Waals surface area contributed by atoms with Gasteiger partial charge in [0.15, 0.2) is 11.5 Å². The van der Waals surface area contributed by atoms with Crippen LogP contribution in [0.4, 0.5) is 0 Å². The van der Waals surface area contributed by atoms with Crippen molar-refractivity contribution in [2.24, 2.45) is 0 Å². The second-order valence-corrected chi connectivity index (χ2v) is 8.51. The lowest BCUT2D eigenvalue weighted by Crippen LogP contribution is -2.35. The lowest BCUT2D eigenvalue weighted by molar-refractivity contribution is -0.131. The number of hydrogen-bond acceptors (Lipinski definition) is 6. The molecule has 0 saturated heterocycles. The van der Waals surface area contributed by atoms with Crippen LogP contribution in [0, 0.1) is 6.92 Å². The molecule has 7 nitrogen and oxygen atoms in total. The Morgan fingerprint density at radius 2 is 1.76 bits per heavy atom. The van der Waals surface area contributed by atoms with E-state index < -0.39 is 5.97 Å². The van der Waals surface area contributed by atoms with E-state index in [2.05, 4.69) is 10.8 Å². The van der Waals surface area contributed by atoms with E-state index in [-0.39, 0.29) is 23.3 Å². The molecule has 2 heterocycles. The molecule has 0 radical (unpaired) electrons. The summed E-state index contributed by atoms with van der Waals surface area (Å²) in [6.45, 7) is 3.21. The molecule has 0 amide bonds. The molecule has 0 spiro atoms. The van der Waals surface area contributed by atoms with Gasteiger partial charge in [0.1, 0.15) is 11.5 Å². The molecule has 1 atom stereocenters. The van der Waals surface area contributed by atoms with Crippen LogP contribution in [0.3, 0.4) is 0 Å². The van der Waals surface area contributed by atoms with Crippen LogP contribution in [0.1, 0.15) is 29.7 Å². The predicted molar refractivity (Wildman–Crippen MR) is 130 cm³/mol. The third kappa shape index (κ3) is 3.51. The summed E-state index contributed by atoms with van der Waals surface area (Å²) in [5.41, 5.74) is 3.36. The van der Waals surface area contributed by atoms with Crippen molar-refractivity contribution in [3.63, 3.8) is 0 Å². The normalized spacial score (nSPS) is 15.4. The van der Waals surface area contributed by atoms with E-state index >= 15 is 0 Å². The van der Waals surface area contributed by atoms with E-state index in [0.29, 0.717) is 5.75 Å². The maximum atomic E-state index is 11.5. The van der Waals surface area contributed by atoms with Crippen LogP contribution < -0.4 is 20.3 Å². The molecular weight excluding hydrogens is 432 g/mol. The van der Waals surface area contributed by atoms with Crippen LogP contribution in [0.25, 0.3) is 23.1 Å². The molecule has 4 aromatic rings. The van der Waals surface area contributed by atoms with Crippen molar-refractivity contribution in [2.45, 2.75) is 19.9 Å². The number of fused-ring (bicyclic) bond motifs is 3. The quantitative estimate of drug-likeness (QED) is 0.249. The van der Waals surface area contributed by atoms with Crippen LogP contribution in [0.2, 0.25) is 0 Å². The molecule has 0 saturated carbocycles. The molecule has 1 aliphatic heterocycles.